The van der Waals surface area contributed by atoms with Crippen LogP contribution < -0.4 is 5.32 Å². The summed E-state index contributed by atoms with van der Waals surface area (Å²) in [7, 11) is 0. The molecule has 2 unspecified atom stereocenters. The minimum Gasteiger partial charge on any atom is -0.394 e. The van der Waals surface area contributed by atoms with Gasteiger partial charge in [0.2, 0.25) is 5.91 Å². The molecule has 0 aliphatic carbocycles. The number of carbonyl (C=O) groups excluding carboxylic acids is 1. The van der Waals surface area contributed by atoms with Crippen LogP contribution in [0.25, 0.3) is 0 Å². The van der Waals surface area contributed by atoms with Gasteiger partial charge in [0.05, 0.1) is 18.8 Å². The van der Waals surface area contributed by atoms with Crippen LogP contribution in [0.15, 0.2) is 60.8 Å². The fourth-order valence-electron chi connectivity index (χ4n) is 4.11. The molecule has 4 nitrogen and oxygen atoms in total. The van der Waals surface area contributed by atoms with Gasteiger partial charge in [0.15, 0.2) is 0 Å². The first kappa shape index (κ1) is 36.1. The molecular weight excluding hydrogens is 470 g/mol. The van der Waals surface area contributed by atoms with Crippen LogP contribution in [0.3, 0.4) is 0 Å². The van der Waals surface area contributed by atoms with Crippen molar-refractivity contribution in [3.05, 3.63) is 60.8 Å². The summed E-state index contributed by atoms with van der Waals surface area (Å²) in [5.41, 5.74) is 0. The van der Waals surface area contributed by atoms with Crippen LogP contribution in [0.1, 0.15) is 129 Å². The highest BCUT2D eigenvalue weighted by Gasteiger charge is 2.17. The van der Waals surface area contributed by atoms with Crippen LogP contribution in [0.5, 0.6) is 0 Å². The van der Waals surface area contributed by atoms with Gasteiger partial charge in [-0.05, 0) is 57.8 Å². The number of rotatable bonds is 26. The number of unbranched alkanes of at least 4 members (excludes halogenated alkanes) is 11. The standard InChI is InChI=1S/C34H59NO3/c1-3-5-7-9-11-13-14-15-16-17-18-19-20-22-24-26-28-30-34(38)35-32(31-36)33(37)29-27-25-23-21-12-10-8-6-4-2/h5,7,11,13,15-16,18-19,27,29,32-33,36-37H,3-4,6,8-10,12,14,17,20-26,28,30-31H2,1-2H3,(H,35,38)/b7-5-,13-11-,16-15-,19-18-,29-27+. The van der Waals surface area contributed by atoms with E-state index < -0.39 is 12.1 Å². The van der Waals surface area contributed by atoms with E-state index in [0.29, 0.717) is 6.42 Å². The van der Waals surface area contributed by atoms with Crippen LogP contribution >= 0.6 is 0 Å². The zero-order valence-corrected chi connectivity index (χ0v) is 24.7. The van der Waals surface area contributed by atoms with Crippen molar-refractivity contribution in [2.45, 2.75) is 142 Å². The number of carbonyl (C=O) groups is 1. The number of aliphatic hydroxyl groups excluding tert-OH is 2. The summed E-state index contributed by atoms with van der Waals surface area (Å²) in [4.78, 5) is 12.2. The number of allylic oxidation sites excluding steroid dienone is 9. The van der Waals surface area contributed by atoms with Crippen molar-refractivity contribution >= 4 is 5.91 Å². The van der Waals surface area contributed by atoms with Gasteiger partial charge >= 0.3 is 0 Å². The quantitative estimate of drug-likeness (QED) is 0.0775. The lowest BCUT2D eigenvalue weighted by Crippen LogP contribution is -2.45. The predicted octanol–water partition coefficient (Wildman–Crippen LogP) is 8.67. The molecule has 0 saturated heterocycles. The van der Waals surface area contributed by atoms with Gasteiger partial charge < -0.3 is 15.5 Å². The molecule has 0 aliphatic rings. The van der Waals surface area contributed by atoms with Crippen LogP contribution in [-0.4, -0.2) is 34.9 Å². The minimum absolute atomic E-state index is 0.0949. The van der Waals surface area contributed by atoms with Crippen LogP contribution in [0, 0.1) is 0 Å². The number of aliphatic hydroxyl groups is 2. The normalized spacial score (nSPS) is 14.1. The average molecular weight is 530 g/mol. The lowest BCUT2D eigenvalue weighted by molar-refractivity contribution is -0.123. The first-order valence-electron chi connectivity index (χ1n) is 15.5. The molecular formula is C34H59NO3. The molecule has 0 aromatic carbocycles. The van der Waals surface area contributed by atoms with E-state index in [9.17, 15) is 15.0 Å². The Balaban J connectivity index is 3.76. The number of nitrogens with one attached hydrogen (secondary N) is 1. The van der Waals surface area contributed by atoms with Crippen molar-refractivity contribution in [2.75, 3.05) is 6.61 Å². The van der Waals surface area contributed by atoms with Gasteiger partial charge in [-0.15, -0.1) is 0 Å². The van der Waals surface area contributed by atoms with Crippen molar-refractivity contribution in [1.82, 2.24) is 5.32 Å². The monoisotopic (exact) mass is 529 g/mol. The topological polar surface area (TPSA) is 69.6 Å². The summed E-state index contributed by atoms with van der Waals surface area (Å²) in [6.07, 6.45) is 40.0. The number of hydrogen-bond acceptors (Lipinski definition) is 3. The Morgan fingerprint density at radius 2 is 1.16 bits per heavy atom. The van der Waals surface area contributed by atoms with Gasteiger partial charge in [-0.2, -0.15) is 0 Å². The third-order valence-electron chi connectivity index (χ3n) is 6.51. The van der Waals surface area contributed by atoms with Crippen molar-refractivity contribution in [2.24, 2.45) is 0 Å². The highest BCUT2D eigenvalue weighted by atomic mass is 16.3. The van der Waals surface area contributed by atoms with Crippen molar-refractivity contribution < 1.29 is 15.0 Å². The molecule has 0 rings (SSSR count). The van der Waals surface area contributed by atoms with Gasteiger partial charge in [-0.3, -0.25) is 4.79 Å². The second kappa shape index (κ2) is 29.6. The maximum absolute atomic E-state index is 12.2. The number of hydrogen-bond donors (Lipinski definition) is 3. The van der Waals surface area contributed by atoms with Crippen LogP contribution in [0.2, 0.25) is 0 Å². The smallest absolute Gasteiger partial charge is 0.220 e. The molecule has 0 radical (unpaired) electrons. The maximum Gasteiger partial charge on any atom is 0.220 e. The van der Waals surface area contributed by atoms with E-state index in [-0.39, 0.29) is 12.5 Å². The molecule has 0 aliphatic heterocycles. The SMILES string of the molecule is CC/C=C\C/C=C\C/C=C\C/C=C\CCCCCCC(=O)NC(CO)C(O)/C=C/CCCCCCCCC. The third kappa shape index (κ3) is 25.7. The molecule has 0 bridgehead atoms. The zero-order chi connectivity index (χ0) is 27.9. The van der Waals surface area contributed by atoms with E-state index >= 15 is 0 Å². The summed E-state index contributed by atoms with van der Waals surface area (Å²) in [5.74, 6) is -0.0949. The molecule has 2 atom stereocenters. The first-order valence-corrected chi connectivity index (χ1v) is 15.5. The molecule has 4 heteroatoms. The minimum atomic E-state index is -0.848. The summed E-state index contributed by atoms with van der Waals surface area (Å²) in [6, 6.07) is -0.633. The second-order valence-electron chi connectivity index (χ2n) is 10.1. The zero-order valence-electron chi connectivity index (χ0n) is 24.7. The van der Waals surface area contributed by atoms with Gasteiger partial charge in [-0.1, -0.05) is 126 Å². The molecule has 218 valence electrons. The highest BCUT2D eigenvalue weighted by molar-refractivity contribution is 5.76. The second-order valence-corrected chi connectivity index (χ2v) is 10.1. The largest absolute Gasteiger partial charge is 0.394 e. The molecule has 1 amide bonds. The molecule has 0 heterocycles. The Bertz CT molecular complexity index is 663. The summed E-state index contributed by atoms with van der Waals surface area (Å²) in [6.45, 7) is 4.12. The van der Waals surface area contributed by atoms with Crippen molar-refractivity contribution in [1.29, 1.82) is 0 Å². The van der Waals surface area contributed by atoms with E-state index in [1.54, 1.807) is 6.08 Å². The maximum atomic E-state index is 12.2. The summed E-state index contributed by atoms with van der Waals surface area (Å²) < 4.78 is 0. The first-order chi connectivity index (χ1) is 18.7. The van der Waals surface area contributed by atoms with E-state index in [1.807, 2.05) is 6.08 Å². The van der Waals surface area contributed by atoms with Crippen molar-refractivity contribution in [3.8, 4) is 0 Å². The van der Waals surface area contributed by atoms with E-state index in [1.165, 1.54) is 38.5 Å². The number of amides is 1. The van der Waals surface area contributed by atoms with Gasteiger partial charge in [0.1, 0.15) is 0 Å². The average Bonchev–Trinajstić information content (AvgIpc) is 2.92. The Morgan fingerprint density at radius 3 is 1.74 bits per heavy atom. The Labute approximate surface area is 235 Å². The van der Waals surface area contributed by atoms with Gasteiger partial charge in [-0.25, -0.2) is 0 Å². The Hall–Kier alpha value is -1.91. The molecule has 38 heavy (non-hydrogen) atoms. The van der Waals surface area contributed by atoms with Gasteiger partial charge in [0.25, 0.3) is 0 Å². The summed E-state index contributed by atoms with van der Waals surface area (Å²) >= 11 is 0. The predicted molar refractivity (Wildman–Crippen MR) is 165 cm³/mol. The lowest BCUT2D eigenvalue weighted by Gasteiger charge is -2.20. The summed E-state index contributed by atoms with van der Waals surface area (Å²) in [5, 5.41) is 22.7. The van der Waals surface area contributed by atoms with E-state index in [0.717, 1.165) is 70.6 Å². The molecule has 0 fully saturated rings. The molecule has 0 aromatic heterocycles. The molecule has 0 saturated carbocycles. The molecule has 0 aromatic rings. The van der Waals surface area contributed by atoms with E-state index in [4.69, 9.17) is 0 Å². The lowest BCUT2D eigenvalue weighted by atomic mass is 10.1. The Kier molecular flexibility index (Phi) is 28.2. The fraction of sp³-hybridized carbons (Fsp3) is 0.676. The van der Waals surface area contributed by atoms with Gasteiger partial charge in [0, 0.05) is 6.42 Å². The van der Waals surface area contributed by atoms with Crippen LogP contribution in [0.4, 0.5) is 0 Å². The molecule has 3 N–H and O–H groups in total. The third-order valence-corrected chi connectivity index (χ3v) is 6.51. The molecule has 0 spiro atoms. The fourth-order valence-corrected chi connectivity index (χ4v) is 4.11. The highest BCUT2D eigenvalue weighted by Crippen LogP contribution is 2.10. The van der Waals surface area contributed by atoms with E-state index in [2.05, 4.69) is 67.8 Å². The Morgan fingerprint density at radius 1 is 0.658 bits per heavy atom. The van der Waals surface area contributed by atoms with Crippen molar-refractivity contribution in [3.63, 3.8) is 0 Å². The van der Waals surface area contributed by atoms with Crippen LogP contribution in [-0.2, 0) is 4.79 Å².